The number of amides is 1. The molecule has 1 aromatic heterocycles. The van der Waals surface area contributed by atoms with E-state index >= 15 is 0 Å². The summed E-state index contributed by atoms with van der Waals surface area (Å²) in [6, 6.07) is 14.3. The minimum absolute atomic E-state index is 0.0464. The van der Waals surface area contributed by atoms with Gasteiger partial charge in [-0.2, -0.15) is 13.2 Å². The molecular formula is C25H26F3N3O2. The van der Waals surface area contributed by atoms with Crippen LogP contribution in [0.25, 0.3) is 10.8 Å². The molecule has 1 aliphatic rings. The van der Waals surface area contributed by atoms with E-state index in [1.54, 1.807) is 7.11 Å². The highest BCUT2D eigenvalue weighted by molar-refractivity contribution is 5.88. The van der Waals surface area contributed by atoms with Crippen molar-refractivity contribution in [3.63, 3.8) is 0 Å². The molecule has 0 radical (unpaired) electrons. The van der Waals surface area contributed by atoms with Crippen molar-refractivity contribution in [1.29, 1.82) is 0 Å². The third kappa shape index (κ3) is 5.05. The summed E-state index contributed by atoms with van der Waals surface area (Å²) < 4.78 is 43.7. The van der Waals surface area contributed by atoms with Gasteiger partial charge in [-0.1, -0.05) is 24.3 Å². The first-order valence-corrected chi connectivity index (χ1v) is 10.9. The topological polar surface area (TPSA) is 45.7 Å². The van der Waals surface area contributed by atoms with Crippen LogP contribution in [0.4, 0.5) is 19.0 Å². The van der Waals surface area contributed by atoms with Gasteiger partial charge in [0.05, 0.1) is 18.6 Å². The number of anilines is 1. The molecule has 0 saturated carbocycles. The van der Waals surface area contributed by atoms with Crippen LogP contribution < -0.4 is 9.64 Å². The monoisotopic (exact) mass is 457 g/mol. The van der Waals surface area contributed by atoms with E-state index in [-0.39, 0.29) is 11.8 Å². The Labute approximate surface area is 190 Å². The van der Waals surface area contributed by atoms with Crippen LogP contribution in [-0.4, -0.2) is 49.1 Å². The molecule has 5 nitrogen and oxygen atoms in total. The fourth-order valence-corrected chi connectivity index (χ4v) is 4.16. The second kappa shape index (κ2) is 9.29. The lowest BCUT2D eigenvalue weighted by molar-refractivity contribution is -0.137. The van der Waals surface area contributed by atoms with Crippen LogP contribution in [-0.2, 0) is 11.0 Å². The van der Waals surface area contributed by atoms with Gasteiger partial charge in [0.15, 0.2) is 0 Å². The second-order valence-corrected chi connectivity index (χ2v) is 8.26. The van der Waals surface area contributed by atoms with Crippen LogP contribution in [0.15, 0.2) is 54.7 Å². The molecular weight excluding hydrogens is 431 g/mol. The number of pyridine rings is 1. The number of carbonyl (C=O) groups is 1. The number of fused-ring (bicyclic) bond motifs is 1. The van der Waals surface area contributed by atoms with Gasteiger partial charge in [-0.05, 0) is 53.9 Å². The average Bonchev–Trinajstić information content (AvgIpc) is 3.08. The summed E-state index contributed by atoms with van der Waals surface area (Å²) in [5, 5.41) is 2.09. The predicted octanol–water partition coefficient (Wildman–Crippen LogP) is 5.10. The lowest BCUT2D eigenvalue weighted by atomic mass is 9.96. The van der Waals surface area contributed by atoms with Crippen molar-refractivity contribution in [2.24, 2.45) is 0 Å². The van der Waals surface area contributed by atoms with E-state index in [1.807, 2.05) is 53.1 Å². The summed E-state index contributed by atoms with van der Waals surface area (Å²) >= 11 is 0. The first-order chi connectivity index (χ1) is 15.8. The molecule has 1 amide bonds. The second-order valence-electron chi connectivity index (χ2n) is 8.26. The van der Waals surface area contributed by atoms with E-state index in [2.05, 4.69) is 4.98 Å². The number of hydrogen-bond acceptors (Lipinski definition) is 4. The van der Waals surface area contributed by atoms with Gasteiger partial charge >= 0.3 is 6.18 Å². The molecule has 2 heterocycles. The summed E-state index contributed by atoms with van der Waals surface area (Å²) in [6.45, 7) is 4.16. The van der Waals surface area contributed by atoms with E-state index in [0.29, 0.717) is 32.0 Å². The molecule has 33 heavy (non-hydrogen) atoms. The van der Waals surface area contributed by atoms with Crippen molar-refractivity contribution in [1.82, 2.24) is 9.88 Å². The number of methoxy groups -OCH3 is 1. The van der Waals surface area contributed by atoms with E-state index in [0.717, 1.165) is 40.8 Å². The minimum atomic E-state index is -4.40. The van der Waals surface area contributed by atoms with Gasteiger partial charge in [0.1, 0.15) is 11.6 Å². The molecule has 1 atom stereocenters. The normalized spacial score (nSPS) is 15.9. The number of benzene rings is 2. The molecule has 174 valence electrons. The number of nitrogens with zero attached hydrogens (tertiary/aromatic N) is 3. The van der Waals surface area contributed by atoms with Gasteiger partial charge in [-0.3, -0.25) is 4.79 Å². The van der Waals surface area contributed by atoms with Crippen molar-refractivity contribution >= 4 is 22.5 Å². The maximum absolute atomic E-state index is 13.2. The Kier molecular flexibility index (Phi) is 6.44. The molecule has 1 fully saturated rings. The number of ether oxygens (including phenoxy) is 1. The Morgan fingerprint density at radius 2 is 1.76 bits per heavy atom. The van der Waals surface area contributed by atoms with E-state index in [9.17, 15) is 18.0 Å². The standard InChI is InChI=1S/C25H26F3N3O2/c1-17(18-4-5-20-15-22(33-2)8-6-19(20)14-18)24(32)31-11-3-10-30(12-13-31)23-9-7-21(16-29-23)25(26,27)28/h4-9,14-17H,3,10-13H2,1-2H3/t17-/m0/s1. The first kappa shape index (κ1) is 22.9. The van der Waals surface area contributed by atoms with Crippen LogP contribution in [0.1, 0.15) is 30.4 Å². The van der Waals surface area contributed by atoms with Gasteiger partial charge in [0.25, 0.3) is 0 Å². The van der Waals surface area contributed by atoms with Crippen LogP contribution in [0.2, 0.25) is 0 Å². The van der Waals surface area contributed by atoms with Crippen molar-refractivity contribution in [2.45, 2.75) is 25.4 Å². The Bertz CT molecular complexity index is 1130. The summed E-state index contributed by atoms with van der Waals surface area (Å²) in [6.07, 6.45) is -2.82. The van der Waals surface area contributed by atoms with E-state index in [1.165, 1.54) is 6.07 Å². The lowest BCUT2D eigenvalue weighted by Crippen LogP contribution is -2.37. The zero-order valence-corrected chi connectivity index (χ0v) is 18.6. The lowest BCUT2D eigenvalue weighted by Gasteiger charge is -2.25. The quantitative estimate of drug-likeness (QED) is 0.547. The fraction of sp³-hybridized carbons (Fsp3) is 0.360. The number of hydrogen-bond donors (Lipinski definition) is 0. The zero-order chi connectivity index (χ0) is 23.6. The van der Waals surface area contributed by atoms with Crippen LogP contribution in [0.3, 0.4) is 0 Å². The molecule has 0 spiro atoms. The minimum Gasteiger partial charge on any atom is -0.497 e. The van der Waals surface area contributed by atoms with Gasteiger partial charge in [-0.15, -0.1) is 0 Å². The molecule has 1 saturated heterocycles. The maximum atomic E-state index is 13.2. The Morgan fingerprint density at radius 3 is 2.45 bits per heavy atom. The highest BCUT2D eigenvalue weighted by atomic mass is 19.4. The van der Waals surface area contributed by atoms with Crippen molar-refractivity contribution < 1.29 is 22.7 Å². The molecule has 4 rings (SSSR count). The number of halogens is 3. The predicted molar refractivity (Wildman–Crippen MR) is 122 cm³/mol. The molecule has 0 aliphatic carbocycles. The highest BCUT2D eigenvalue weighted by Crippen LogP contribution is 2.30. The van der Waals surface area contributed by atoms with Crippen molar-refractivity contribution in [3.05, 3.63) is 65.9 Å². The number of aromatic nitrogens is 1. The molecule has 1 aliphatic heterocycles. The SMILES string of the molecule is COc1ccc2cc([C@H](C)C(=O)N3CCCN(c4ccc(C(F)(F)F)cn4)CC3)ccc2c1. The largest absolute Gasteiger partial charge is 0.497 e. The number of rotatable bonds is 4. The summed E-state index contributed by atoms with van der Waals surface area (Å²) in [4.78, 5) is 21.0. The summed E-state index contributed by atoms with van der Waals surface area (Å²) in [5.74, 6) is 1.03. The molecule has 0 unspecified atom stereocenters. The third-order valence-electron chi connectivity index (χ3n) is 6.15. The van der Waals surface area contributed by atoms with Crippen molar-refractivity contribution in [3.8, 4) is 5.75 Å². The van der Waals surface area contributed by atoms with Crippen LogP contribution in [0.5, 0.6) is 5.75 Å². The van der Waals surface area contributed by atoms with Crippen LogP contribution in [0, 0.1) is 0 Å². The zero-order valence-electron chi connectivity index (χ0n) is 18.6. The Morgan fingerprint density at radius 1 is 1.00 bits per heavy atom. The van der Waals surface area contributed by atoms with Gasteiger partial charge in [0.2, 0.25) is 5.91 Å². The fourth-order valence-electron chi connectivity index (χ4n) is 4.16. The average molecular weight is 457 g/mol. The van der Waals surface area contributed by atoms with Crippen LogP contribution >= 0.6 is 0 Å². The summed E-state index contributed by atoms with van der Waals surface area (Å²) in [5.41, 5.74) is 0.184. The molecule has 8 heteroatoms. The molecule has 0 N–H and O–H groups in total. The molecule has 0 bridgehead atoms. The molecule has 2 aromatic carbocycles. The van der Waals surface area contributed by atoms with E-state index in [4.69, 9.17) is 4.74 Å². The Hall–Kier alpha value is -3.29. The number of alkyl halides is 3. The summed E-state index contributed by atoms with van der Waals surface area (Å²) in [7, 11) is 1.63. The van der Waals surface area contributed by atoms with Gasteiger partial charge in [-0.25, -0.2) is 4.98 Å². The highest BCUT2D eigenvalue weighted by Gasteiger charge is 2.31. The van der Waals surface area contributed by atoms with E-state index < -0.39 is 11.7 Å². The number of carbonyl (C=O) groups excluding carboxylic acids is 1. The smallest absolute Gasteiger partial charge is 0.417 e. The van der Waals surface area contributed by atoms with Gasteiger partial charge < -0.3 is 14.5 Å². The first-order valence-electron chi connectivity index (χ1n) is 10.9. The van der Waals surface area contributed by atoms with Gasteiger partial charge in [0, 0.05) is 32.4 Å². The Balaban J connectivity index is 1.43. The van der Waals surface area contributed by atoms with Crippen molar-refractivity contribution in [2.75, 3.05) is 38.2 Å². The maximum Gasteiger partial charge on any atom is 0.417 e. The molecule has 3 aromatic rings. The third-order valence-corrected chi connectivity index (χ3v) is 6.15.